The first kappa shape index (κ1) is 19.3. The molecule has 1 unspecified atom stereocenters. The van der Waals surface area contributed by atoms with Gasteiger partial charge in [0, 0.05) is 18.4 Å². The van der Waals surface area contributed by atoms with Crippen LogP contribution in [-0.2, 0) is 17.6 Å². The third-order valence-corrected chi connectivity index (χ3v) is 5.51. The molecule has 1 N–H and O–H groups in total. The summed E-state index contributed by atoms with van der Waals surface area (Å²) in [5, 5.41) is 7.87. The van der Waals surface area contributed by atoms with Gasteiger partial charge in [-0.15, -0.1) is 0 Å². The first-order valence-electron chi connectivity index (χ1n) is 9.98. The van der Waals surface area contributed by atoms with Gasteiger partial charge in [-0.2, -0.15) is 5.10 Å². The summed E-state index contributed by atoms with van der Waals surface area (Å²) in [6.07, 6.45) is 6.34. The molecular formula is C23H27N3O3. The number of rotatable bonds is 6. The fourth-order valence-corrected chi connectivity index (χ4v) is 4.08. The summed E-state index contributed by atoms with van der Waals surface area (Å²) < 4.78 is 12.6. The van der Waals surface area contributed by atoms with Crippen LogP contribution in [0.5, 0.6) is 5.75 Å². The number of carbonyl (C=O) groups excluding carboxylic acids is 1. The van der Waals surface area contributed by atoms with Crippen LogP contribution in [0.15, 0.2) is 53.3 Å². The molecule has 0 saturated heterocycles. The van der Waals surface area contributed by atoms with Crippen LogP contribution in [0.4, 0.5) is 0 Å². The van der Waals surface area contributed by atoms with Gasteiger partial charge in [0.2, 0.25) is 5.91 Å². The van der Waals surface area contributed by atoms with Crippen molar-refractivity contribution in [3.8, 4) is 11.4 Å². The molecule has 2 aromatic heterocycles. The van der Waals surface area contributed by atoms with Crippen molar-refractivity contribution < 1.29 is 13.9 Å². The van der Waals surface area contributed by atoms with Gasteiger partial charge in [-0.1, -0.05) is 13.8 Å². The van der Waals surface area contributed by atoms with E-state index >= 15 is 0 Å². The average Bonchev–Trinajstić information content (AvgIpc) is 3.35. The average molecular weight is 393 g/mol. The number of ether oxygens (including phenoxy) is 1. The van der Waals surface area contributed by atoms with E-state index < -0.39 is 0 Å². The zero-order valence-corrected chi connectivity index (χ0v) is 17.1. The Morgan fingerprint density at radius 2 is 2.10 bits per heavy atom. The molecule has 0 aliphatic heterocycles. The number of furan rings is 1. The molecule has 152 valence electrons. The van der Waals surface area contributed by atoms with Crippen molar-refractivity contribution in [3.05, 3.63) is 65.9 Å². The maximum Gasteiger partial charge on any atom is 0.220 e. The number of fused-ring (bicyclic) bond motifs is 1. The van der Waals surface area contributed by atoms with E-state index in [1.807, 2.05) is 47.3 Å². The summed E-state index contributed by atoms with van der Waals surface area (Å²) in [5.74, 6) is 1.68. The molecule has 6 heteroatoms. The van der Waals surface area contributed by atoms with E-state index in [0.717, 1.165) is 41.3 Å². The molecular weight excluding hydrogens is 366 g/mol. The number of nitrogens with zero attached hydrogens (tertiary/aromatic N) is 2. The lowest BCUT2D eigenvalue weighted by atomic mass is 9.74. The molecule has 0 radical (unpaired) electrons. The molecule has 1 atom stereocenters. The zero-order valence-electron chi connectivity index (χ0n) is 17.1. The molecule has 29 heavy (non-hydrogen) atoms. The van der Waals surface area contributed by atoms with Gasteiger partial charge in [-0.25, -0.2) is 4.68 Å². The van der Waals surface area contributed by atoms with Crippen molar-refractivity contribution >= 4 is 5.91 Å². The maximum atomic E-state index is 12.6. The fraction of sp³-hybridized carbons (Fsp3) is 0.391. The molecule has 0 saturated carbocycles. The predicted molar refractivity (Wildman–Crippen MR) is 110 cm³/mol. The number of hydrogen-bond acceptors (Lipinski definition) is 4. The maximum absolute atomic E-state index is 12.6. The second-order valence-corrected chi connectivity index (χ2v) is 8.40. The van der Waals surface area contributed by atoms with Crippen LogP contribution < -0.4 is 10.1 Å². The standard InChI is InChI=1S/C23H27N3O3/c1-23(2)13-20(25-22(27)11-10-18-5-4-12-29-18)19-15-24-26(21(19)14-23)16-6-8-17(28-3)9-7-16/h4-9,12,15,20H,10-11,13-14H2,1-3H3,(H,25,27). The van der Waals surface area contributed by atoms with Crippen LogP contribution in [0.3, 0.4) is 0 Å². The SMILES string of the molecule is COc1ccc(-n2ncc3c2CC(C)(C)CC3NC(=O)CCc2ccco2)cc1. The van der Waals surface area contributed by atoms with Crippen molar-refractivity contribution in [3.63, 3.8) is 0 Å². The number of methoxy groups -OCH3 is 1. The lowest BCUT2D eigenvalue weighted by Gasteiger charge is -2.36. The topological polar surface area (TPSA) is 69.3 Å². The van der Waals surface area contributed by atoms with Crippen LogP contribution in [0, 0.1) is 5.41 Å². The Morgan fingerprint density at radius 1 is 1.31 bits per heavy atom. The lowest BCUT2D eigenvalue weighted by molar-refractivity contribution is -0.122. The van der Waals surface area contributed by atoms with Crippen LogP contribution >= 0.6 is 0 Å². The number of hydrogen-bond donors (Lipinski definition) is 1. The monoisotopic (exact) mass is 393 g/mol. The third-order valence-electron chi connectivity index (χ3n) is 5.51. The molecule has 0 spiro atoms. The van der Waals surface area contributed by atoms with Crippen LogP contribution in [0.2, 0.25) is 0 Å². The van der Waals surface area contributed by atoms with Crippen LogP contribution in [-0.4, -0.2) is 22.8 Å². The van der Waals surface area contributed by atoms with Crippen molar-refractivity contribution in [2.75, 3.05) is 7.11 Å². The summed E-state index contributed by atoms with van der Waals surface area (Å²) in [6.45, 7) is 4.48. The van der Waals surface area contributed by atoms with Gasteiger partial charge in [0.1, 0.15) is 11.5 Å². The highest BCUT2D eigenvalue weighted by molar-refractivity contribution is 5.76. The molecule has 0 fully saturated rings. The Bertz CT molecular complexity index is 971. The summed E-state index contributed by atoms with van der Waals surface area (Å²) >= 11 is 0. The van der Waals surface area contributed by atoms with E-state index in [1.54, 1.807) is 13.4 Å². The van der Waals surface area contributed by atoms with E-state index in [1.165, 1.54) is 0 Å². The summed E-state index contributed by atoms with van der Waals surface area (Å²) in [7, 11) is 1.66. The van der Waals surface area contributed by atoms with Crippen LogP contribution in [0.25, 0.3) is 5.69 Å². The highest BCUT2D eigenvalue weighted by atomic mass is 16.5. The van der Waals surface area contributed by atoms with Crippen molar-refractivity contribution in [1.82, 2.24) is 15.1 Å². The molecule has 6 nitrogen and oxygen atoms in total. The Labute approximate surface area is 170 Å². The molecule has 1 aliphatic carbocycles. The molecule has 4 rings (SSSR count). The van der Waals surface area contributed by atoms with Gasteiger partial charge in [0.15, 0.2) is 0 Å². The Balaban J connectivity index is 1.54. The Kier molecular flexibility index (Phi) is 5.18. The lowest BCUT2D eigenvalue weighted by Crippen LogP contribution is -2.36. The Hall–Kier alpha value is -3.02. The van der Waals surface area contributed by atoms with E-state index in [-0.39, 0.29) is 17.4 Å². The summed E-state index contributed by atoms with van der Waals surface area (Å²) in [4.78, 5) is 12.6. The molecule has 1 amide bonds. The predicted octanol–water partition coefficient (Wildman–Crippen LogP) is 4.24. The summed E-state index contributed by atoms with van der Waals surface area (Å²) in [6, 6.07) is 11.6. The minimum Gasteiger partial charge on any atom is -0.497 e. The minimum absolute atomic E-state index is 0.0345. The fourth-order valence-electron chi connectivity index (χ4n) is 4.08. The molecule has 2 heterocycles. The first-order valence-corrected chi connectivity index (χ1v) is 9.98. The second-order valence-electron chi connectivity index (χ2n) is 8.40. The zero-order chi connectivity index (χ0) is 20.4. The molecule has 1 aromatic carbocycles. The van der Waals surface area contributed by atoms with Gasteiger partial charge in [0.25, 0.3) is 0 Å². The van der Waals surface area contributed by atoms with Crippen molar-refractivity contribution in [2.24, 2.45) is 5.41 Å². The van der Waals surface area contributed by atoms with Crippen molar-refractivity contribution in [2.45, 2.75) is 45.6 Å². The number of nitrogens with one attached hydrogen (secondary N) is 1. The van der Waals surface area contributed by atoms with Crippen LogP contribution in [0.1, 0.15) is 49.7 Å². The Morgan fingerprint density at radius 3 is 2.79 bits per heavy atom. The van der Waals surface area contributed by atoms with Gasteiger partial charge < -0.3 is 14.5 Å². The van der Waals surface area contributed by atoms with Gasteiger partial charge in [-0.05, 0) is 54.7 Å². The van der Waals surface area contributed by atoms with Gasteiger partial charge in [-0.3, -0.25) is 4.79 Å². The summed E-state index contributed by atoms with van der Waals surface area (Å²) in [5.41, 5.74) is 3.32. The second kappa shape index (κ2) is 7.78. The van der Waals surface area contributed by atoms with Crippen molar-refractivity contribution in [1.29, 1.82) is 0 Å². The number of carbonyl (C=O) groups is 1. The normalized spacial score (nSPS) is 17.6. The number of amides is 1. The smallest absolute Gasteiger partial charge is 0.220 e. The van der Waals surface area contributed by atoms with Gasteiger partial charge >= 0.3 is 0 Å². The van der Waals surface area contributed by atoms with Gasteiger partial charge in [0.05, 0.1) is 37.0 Å². The highest BCUT2D eigenvalue weighted by Gasteiger charge is 2.36. The van der Waals surface area contributed by atoms with E-state index in [0.29, 0.717) is 12.8 Å². The van der Waals surface area contributed by atoms with E-state index in [2.05, 4.69) is 24.3 Å². The van der Waals surface area contributed by atoms with E-state index in [9.17, 15) is 4.79 Å². The first-order chi connectivity index (χ1) is 13.9. The molecule has 3 aromatic rings. The van der Waals surface area contributed by atoms with E-state index in [4.69, 9.17) is 9.15 Å². The molecule has 0 bridgehead atoms. The number of aromatic nitrogens is 2. The molecule has 1 aliphatic rings. The number of aryl methyl sites for hydroxylation is 1. The highest BCUT2D eigenvalue weighted by Crippen LogP contribution is 2.41. The largest absolute Gasteiger partial charge is 0.497 e. The quantitative estimate of drug-likeness (QED) is 0.680. The third kappa shape index (κ3) is 4.21. The number of benzene rings is 1. The minimum atomic E-state index is -0.0372.